The highest BCUT2D eigenvalue weighted by Gasteiger charge is 2.23. The van der Waals surface area contributed by atoms with Crippen LogP contribution in [0.3, 0.4) is 0 Å². The number of rotatable bonds is 2. The molecule has 0 fully saturated rings. The fourth-order valence-electron chi connectivity index (χ4n) is 4.75. The van der Waals surface area contributed by atoms with E-state index in [0.29, 0.717) is 11.6 Å². The van der Waals surface area contributed by atoms with Gasteiger partial charge in [0.05, 0.1) is 5.56 Å². The molecular weight excluding hydrogens is 446 g/mol. The van der Waals surface area contributed by atoms with Gasteiger partial charge in [0, 0.05) is 32.5 Å². The zero-order valence-electron chi connectivity index (χ0n) is 20.2. The Balaban J connectivity index is 1.46. The van der Waals surface area contributed by atoms with E-state index < -0.39 is 0 Å². The average Bonchev–Trinajstić information content (AvgIpc) is 3.45. The van der Waals surface area contributed by atoms with Crippen LogP contribution in [0, 0.1) is 0 Å². The van der Waals surface area contributed by atoms with Gasteiger partial charge in [-0.05, 0) is 30.3 Å². The first kappa shape index (κ1) is 20.8. The fraction of sp³-hybridized carbons (Fsp3) is 0.129. The van der Waals surface area contributed by atoms with E-state index in [1.54, 1.807) is 0 Å². The maximum absolute atomic E-state index is 6.28. The molecule has 7 rings (SSSR count). The molecule has 7 aromatic rings. The first-order valence-electron chi connectivity index (χ1n) is 12.0. The van der Waals surface area contributed by atoms with Gasteiger partial charge in [0.25, 0.3) is 0 Å². The van der Waals surface area contributed by atoms with Gasteiger partial charge in [0.2, 0.25) is 0 Å². The van der Waals surface area contributed by atoms with Gasteiger partial charge in [0.1, 0.15) is 28.2 Å². The molecule has 0 radical (unpaired) electrons. The van der Waals surface area contributed by atoms with E-state index in [0.717, 1.165) is 60.8 Å². The molecule has 36 heavy (non-hydrogen) atoms. The minimum absolute atomic E-state index is 0.266. The van der Waals surface area contributed by atoms with Crippen LogP contribution in [0.2, 0.25) is 0 Å². The van der Waals surface area contributed by atoms with Crippen molar-refractivity contribution in [2.45, 2.75) is 26.2 Å². The van der Waals surface area contributed by atoms with Crippen molar-refractivity contribution >= 4 is 43.9 Å². The standard InChI is InChI=1S/C31H23N3O2/c1-31(2,3)30-33-28(18-15-16-21-19-9-4-6-13-24(19)35-26(21)17-18)32-29(34-30)23-12-8-11-22-20-10-5-7-14-25(20)36-27(22)23/h4-17H,1-3H3. The third-order valence-electron chi connectivity index (χ3n) is 6.59. The summed E-state index contributed by atoms with van der Waals surface area (Å²) in [4.78, 5) is 14.7. The number of nitrogens with zero attached hydrogens (tertiary/aromatic N) is 3. The average molecular weight is 470 g/mol. The second kappa shape index (κ2) is 7.49. The molecule has 0 bridgehead atoms. The Morgan fingerprint density at radius 3 is 1.97 bits per heavy atom. The molecule has 4 aromatic carbocycles. The number of hydrogen-bond donors (Lipinski definition) is 0. The summed E-state index contributed by atoms with van der Waals surface area (Å²) in [6, 6.07) is 28.4. The van der Waals surface area contributed by atoms with Crippen molar-refractivity contribution in [3.8, 4) is 22.8 Å². The highest BCUT2D eigenvalue weighted by atomic mass is 16.3. The number of para-hydroxylation sites is 3. The van der Waals surface area contributed by atoms with Gasteiger partial charge in [0.15, 0.2) is 11.6 Å². The topological polar surface area (TPSA) is 65.0 Å². The van der Waals surface area contributed by atoms with E-state index in [1.807, 2.05) is 54.6 Å². The summed E-state index contributed by atoms with van der Waals surface area (Å²) in [7, 11) is 0. The summed E-state index contributed by atoms with van der Waals surface area (Å²) in [6.07, 6.45) is 0. The Hall–Kier alpha value is -4.51. The maximum atomic E-state index is 6.28. The molecule has 174 valence electrons. The van der Waals surface area contributed by atoms with Crippen LogP contribution in [0.4, 0.5) is 0 Å². The zero-order chi connectivity index (χ0) is 24.4. The van der Waals surface area contributed by atoms with Crippen LogP contribution in [0.1, 0.15) is 26.6 Å². The van der Waals surface area contributed by atoms with Crippen molar-refractivity contribution in [3.05, 3.63) is 90.8 Å². The van der Waals surface area contributed by atoms with Crippen LogP contribution in [0.15, 0.2) is 93.8 Å². The summed E-state index contributed by atoms with van der Waals surface area (Å²) in [5.74, 6) is 1.93. The summed E-state index contributed by atoms with van der Waals surface area (Å²) >= 11 is 0. The highest BCUT2D eigenvalue weighted by Crippen LogP contribution is 2.36. The van der Waals surface area contributed by atoms with E-state index in [-0.39, 0.29) is 5.41 Å². The molecule has 0 amide bonds. The lowest BCUT2D eigenvalue weighted by Crippen LogP contribution is -2.18. The predicted molar refractivity (Wildman–Crippen MR) is 144 cm³/mol. The third kappa shape index (κ3) is 3.20. The van der Waals surface area contributed by atoms with Gasteiger partial charge in [-0.3, -0.25) is 0 Å². The monoisotopic (exact) mass is 469 g/mol. The second-order valence-electron chi connectivity index (χ2n) is 10.1. The summed E-state index contributed by atoms with van der Waals surface area (Å²) in [6.45, 7) is 6.33. The smallest absolute Gasteiger partial charge is 0.167 e. The summed E-state index contributed by atoms with van der Waals surface area (Å²) in [5, 5.41) is 4.30. The normalized spacial score (nSPS) is 12.3. The van der Waals surface area contributed by atoms with Crippen molar-refractivity contribution in [1.29, 1.82) is 0 Å². The Morgan fingerprint density at radius 2 is 1.19 bits per heavy atom. The molecule has 0 N–H and O–H groups in total. The van der Waals surface area contributed by atoms with E-state index in [2.05, 4.69) is 51.1 Å². The summed E-state index contributed by atoms with van der Waals surface area (Å²) in [5.41, 5.74) is 4.78. The van der Waals surface area contributed by atoms with Gasteiger partial charge in [-0.2, -0.15) is 0 Å². The minimum Gasteiger partial charge on any atom is -0.456 e. The number of furan rings is 2. The Morgan fingerprint density at radius 1 is 0.556 bits per heavy atom. The molecule has 3 aromatic heterocycles. The summed E-state index contributed by atoms with van der Waals surface area (Å²) < 4.78 is 12.4. The first-order valence-corrected chi connectivity index (χ1v) is 12.0. The lowest BCUT2D eigenvalue weighted by atomic mass is 9.95. The van der Waals surface area contributed by atoms with Crippen LogP contribution < -0.4 is 0 Å². The Kier molecular flexibility index (Phi) is 4.33. The zero-order valence-corrected chi connectivity index (χ0v) is 20.2. The molecule has 0 spiro atoms. The highest BCUT2D eigenvalue weighted by molar-refractivity contribution is 6.09. The van der Waals surface area contributed by atoms with Crippen molar-refractivity contribution in [1.82, 2.24) is 15.0 Å². The molecule has 3 heterocycles. The SMILES string of the molecule is CC(C)(C)c1nc(-c2ccc3c(c2)oc2ccccc23)nc(-c2cccc3c2oc2ccccc23)n1. The van der Waals surface area contributed by atoms with Gasteiger partial charge in [-0.25, -0.2) is 15.0 Å². The molecule has 0 aliphatic rings. The van der Waals surface area contributed by atoms with Crippen LogP contribution in [-0.2, 0) is 5.41 Å². The molecular formula is C31H23N3O2. The van der Waals surface area contributed by atoms with Crippen molar-refractivity contribution in [3.63, 3.8) is 0 Å². The van der Waals surface area contributed by atoms with Gasteiger partial charge < -0.3 is 8.83 Å². The first-order chi connectivity index (χ1) is 17.5. The fourth-order valence-corrected chi connectivity index (χ4v) is 4.75. The van der Waals surface area contributed by atoms with E-state index in [4.69, 9.17) is 23.8 Å². The number of hydrogen-bond acceptors (Lipinski definition) is 5. The second-order valence-corrected chi connectivity index (χ2v) is 10.1. The molecule has 0 unspecified atom stereocenters. The van der Waals surface area contributed by atoms with Gasteiger partial charge in [-0.1, -0.05) is 75.4 Å². The Bertz CT molecular complexity index is 1940. The predicted octanol–water partition coefficient (Wildman–Crippen LogP) is 8.30. The molecule has 5 nitrogen and oxygen atoms in total. The van der Waals surface area contributed by atoms with Crippen molar-refractivity contribution in [2.75, 3.05) is 0 Å². The third-order valence-corrected chi connectivity index (χ3v) is 6.59. The molecule has 0 aliphatic heterocycles. The molecule has 5 heteroatoms. The lowest BCUT2D eigenvalue weighted by molar-refractivity contribution is 0.543. The number of aromatic nitrogens is 3. The van der Waals surface area contributed by atoms with Crippen molar-refractivity contribution < 1.29 is 8.83 Å². The van der Waals surface area contributed by atoms with Gasteiger partial charge in [-0.15, -0.1) is 0 Å². The molecule has 0 saturated carbocycles. The minimum atomic E-state index is -0.266. The van der Waals surface area contributed by atoms with E-state index in [9.17, 15) is 0 Å². The van der Waals surface area contributed by atoms with Crippen LogP contribution in [0.5, 0.6) is 0 Å². The van der Waals surface area contributed by atoms with Crippen LogP contribution in [0.25, 0.3) is 66.7 Å². The molecule has 0 aliphatic carbocycles. The lowest BCUT2D eigenvalue weighted by Gasteiger charge is -2.18. The van der Waals surface area contributed by atoms with Crippen molar-refractivity contribution in [2.24, 2.45) is 0 Å². The largest absolute Gasteiger partial charge is 0.456 e. The maximum Gasteiger partial charge on any atom is 0.167 e. The number of benzene rings is 4. The van der Waals surface area contributed by atoms with E-state index in [1.165, 1.54) is 0 Å². The van der Waals surface area contributed by atoms with Gasteiger partial charge >= 0.3 is 0 Å². The molecule has 0 saturated heterocycles. The van der Waals surface area contributed by atoms with E-state index >= 15 is 0 Å². The van der Waals surface area contributed by atoms with Crippen LogP contribution in [-0.4, -0.2) is 15.0 Å². The Labute approximate surface area is 207 Å². The quantitative estimate of drug-likeness (QED) is 0.255. The van der Waals surface area contributed by atoms with Crippen LogP contribution >= 0.6 is 0 Å². The number of fused-ring (bicyclic) bond motifs is 6. The molecule has 0 atom stereocenters.